The first-order chi connectivity index (χ1) is 13.0. The molecule has 3 rings (SSSR count). The summed E-state index contributed by atoms with van der Waals surface area (Å²) in [4.78, 5) is 38.4. The zero-order valence-corrected chi connectivity index (χ0v) is 14.6. The fraction of sp³-hybridized carbons (Fsp3) is 0.250. The van der Waals surface area contributed by atoms with Crippen LogP contribution < -0.4 is 11.1 Å². The first-order valence-corrected chi connectivity index (χ1v) is 8.68. The molecule has 1 saturated heterocycles. The molecule has 1 fully saturated rings. The number of carboxylic acids is 1. The first kappa shape index (κ1) is 18.6. The lowest BCUT2D eigenvalue weighted by molar-refractivity contribution is -0.149. The summed E-state index contributed by atoms with van der Waals surface area (Å²) in [6, 6.07) is 16.1. The number of hydrogen-bond acceptors (Lipinski definition) is 4. The largest absolute Gasteiger partial charge is 0.480 e. The van der Waals surface area contributed by atoms with Gasteiger partial charge in [-0.05, 0) is 24.1 Å². The molecular formula is C20H21N3O4. The minimum absolute atomic E-state index is 0.0271. The average Bonchev–Trinajstić information content (AvgIpc) is 3.10. The van der Waals surface area contributed by atoms with Crippen molar-refractivity contribution in [1.29, 1.82) is 0 Å². The van der Waals surface area contributed by atoms with E-state index in [1.165, 1.54) is 4.90 Å². The van der Waals surface area contributed by atoms with Crippen molar-refractivity contribution in [3.63, 3.8) is 0 Å². The smallest absolute Gasteiger partial charge is 0.326 e. The highest BCUT2D eigenvalue weighted by atomic mass is 16.4. The predicted octanol–water partition coefficient (Wildman–Crippen LogP) is 1.63. The Morgan fingerprint density at radius 1 is 1.04 bits per heavy atom. The van der Waals surface area contributed by atoms with Crippen LogP contribution in [0.3, 0.4) is 0 Å². The zero-order valence-electron chi connectivity index (χ0n) is 14.6. The Balaban J connectivity index is 1.98. The molecule has 0 radical (unpaired) electrons. The normalized spacial score (nSPS) is 21.7. The quantitative estimate of drug-likeness (QED) is 0.743. The molecule has 140 valence electrons. The van der Waals surface area contributed by atoms with Gasteiger partial charge in [-0.2, -0.15) is 0 Å². The minimum Gasteiger partial charge on any atom is -0.480 e. The second-order valence-electron chi connectivity index (χ2n) is 6.41. The van der Waals surface area contributed by atoms with E-state index in [2.05, 4.69) is 5.32 Å². The highest BCUT2D eigenvalue weighted by molar-refractivity contribution is 5.96. The maximum Gasteiger partial charge on any atom is 0.326 e. The van der Waals surface area contributed by atoms with Gasteiger partial charge < -0.3 is 21.1 Å². The molecule has 0 saturated carbocycles. The van der Waals surface area contributed by atoms with Gasteiger partial charge in [0.05, 0.1) is 18.5 Å². The van der Waals surface area contributed by atoms with Gasteiger partial charge in [0.15, 0.2) is 0 Å². The topological polar surface area (TPSA) is 113 Å². The fourth-order valence-corrected chi connectivity index (χ4v) is 3.57. The molecule has 1 aliphatic heterocycles. The summed E-state index contributed by atoms with van der Waals surface area (Å²) in [6.07, 6.45) is 0.0271. The van der Waals surface area contributed by atoms with Crippen molar-refractivity contribution in [2.75, 3.05) is 11.9 Å². The molecule has 0 aromatic heterocycles. The van der Waals surface area contributed by atoms with E-state index < -0.39 is 29.9 Å². The lowest BCUT2D eigenvalue weighted by Gasteiger charge is -2.30. The van der Waals surface area contributed by atoms with E-state index in [1.807, 2.05) is 12.1 Å². The number of carboxylic acid groups (broad SMARTS) is 1. The van der Waals surface area contributed by atoms with E-state index in [4.69, 9.17) is 5.73 Å². The van der Waals surface area contributed by atoms with Gasteiger partial charge in [-0.3, -0.25) is 9.59 Å². The molecule has 2 aromatic carbocycles. The highest BCUT2D eigenvalue weighted by Gasteiger charge is 2.50. The van der Waals surface area contributed by atoms with Crippen molar-refractivity contribution in [1.82, 2.24) is 4.90 Å². The van der Waals surface area contributed by atoms with Gasteiger partial charge in [-0.1, -0.05) is 48.5 Å². The standard InChI is InChI=1S/C20H21N3O4/c21-12-17(24)23-16(20(26)27)11-15(18(23)13-7-3-1-4-8-13)19(25)22-14-9-5-2-6-10-14/h1-10,15-16,18H,11-12,21H2,(H,22,25)(H,26,27). The van der Waals surface area contributed by atoms with Crippen LogP contribution in [0.15, 0.2) is 60.7 Å². The van der Waals surface area contributed by atoms with E-state index in [9.17, 15) is 19.5 Å². The highest BCUT2D eigenvalue weighted by Crippen LogP contribution is 2.41. The van der Waals surface area contributed by atoms with Crippen LogP contribution in [0.4, 0.5) is 5.69 Å². The van der Waals surface area contributed by atoms with Gasteiger partial charge >= 0.3 is 5.97 Å². The van der Waals surface area contributed by atoms with Crippen molar-refractivity contribution in [3.8, 4) is 0 Å². The predicted molar refractivity (Wildman–Crippen MR) is 99.7 cm³/mol. The number of hydrogen-bond donors (Lipinski definition) is 3. The summed E-state index contributed by atoms with van der Waals surface area (Å²) in [7, 11) is 0. The molecule has 2 aromatic rings. The Kier molecular flexibility index (Phi) is 5.52. The van der Waals surface area contributed by atoms with Crippen LogP contribution in [0, 0.1) is 5.92 Å². The van der Waals surface area contributed by atoms with Crippen LogP contribution >= 0.6 is 0 Å². The Bertz CT molecular complexity index is 826. The number of benzene rings is 2. The van der Waals surface area contributed by atoms with E-state index in [0.717, 1.165) is 0 Å². The molecule has 2 amide bonds. The second-order valence-corrected chi connectivity index (χ2v) is 6.41. The zero-order chi connectivity index (χ0) is 19.4. The number of aliphatic carboxylic acids is 1. The molecular weight excluding hydrogens is 346 g/mol. The molecule has 1 aliphatic rings. The van der Waals surface area contributed by atoms with Crippen LogP contribution in [0.5, 0.6) is 0 Å². The summed E-state index contributed by atoms with van der Waals surface area (Å²) in [6.45, 7) is -0.319. The van der Waals surface area contributed by atoms with Crippen LogP contribution in [0.1, 0.15) is 18.0 Å². The summed E-state index contributed by atoms with van der Waals surface area (Å²) in [5.74, 6) is -2.67. The number of nitrogens with zero attached hydrogens (tertiary/aromatic N) is 1. The van der Waals surface area contributed by atoms with Crippen molar-refractivity contribution < 1.29 is 19.5 Å². The van der Waals surface area contributed by atoms with Gasteiger partial charge in [0.2, 0.25) is 11.8 Å². The summed E-state index contributed by atoms with van der Waals surface area (Å²) in [5.41, 5.74) is 6.84. The third-order valence-electron chi connectivity index (χ3n) is 4.76. The van der Waals surface area contributed by atoms with Gasteiger partial charge in [-0.15, -0.1) is 0 Å². The third kappa shape index (κ3) is 3.83. The maximum atomic E-state index is 12.9. The summed E-state index contributed by atoms with van der Waals surface area (Å²) < 4.78 is 0. The molecule has 3 unspecified atom stereocenters. The number of carbonyl (C=O) groups is 3. The summed E-state index contributed by atoms with van der Waals surface area (Å²) >= 11 is 0. The minimum atomic E-state index is -1.15. The molecule has 0 aliphatic carbocycles. The number of nitrogens with two attached hydrogens (primary N) is 1. The van der Waals surface area contributed by atoms with Crippen LogP contribution in [-0.2, 0) is 14.4 Å². The molecule has 4 N–H and O–H groups in total. The molecule has 27 heavy (non-hydrogen) atoms. The maximum absolute atomic E-state index is 12.9. The van der Waals surface area contributed by atoms with E-state index >= 15 is 0 Å². The lowest BCUT2D eigenvalue weighted by Crippen LogP contribution is -2.45. The molecule has 1 heterocycles. The van der Waals surface area contributed by atoms with Gasteiger partial charge in [0.1, 0.15) is 6.04 Å². The summed E-state index contributed by atoms with van der Waals surface area (Å²) in [5, 5.41) is 12.4. The third-order valence-corrected chi connectivity index (χ3v) is 4.76. The number of rotatable bonds is 5. The van der Waals surface area contributed by atoms with Crippen LogP contribution in [0.25, 0.3) is 0 Å². The number of likely N-dealkylation sites (tertiary alicyclic amines) is 1. The Labute approximate surface area is 156 Å². The number of carbonyl (C=O) groups excluding carboxylic acids is 2. The van der Waals surface area contributed by atoms with Crippen molar-refractivity contribution >= 4 is 23.5 Å². The molecule has 0 spiro atoms. The average molecular weight is 367 g/mol. The number of para-hydroxylation sites is 1. The second kappa shape index (κ2) is 8.01. The van der Waals surface area contributed by atoms with Gasteiger partial charge in [-0.25, -0.2) is 4.79 Å². The molecule has 7 nitrogen and oxygen atoms in total. The SMILES string of the molecule is NCC(=O)N1C(C(=O)O)CC(C(=O)Nc2ccccc2)C1c1ccccc1. The Morgan fingerprint density at radius 3 is 2.19 bits per heavy atom. The van der Waals surface area contributed by atoms with Crippen LogP contribution in [-0.4, -0.2) is 40.4 Å². The molecule has 0 bridgehead atoms. The van der Waals surface area contributed by atoms with Crippen LogP contribution in [0.2, 0.25) is 0 Å². The number of anilines is 1. The van der Waals surface area contributed by atoms with E-state index in [0.29, 0.717) is 11.3 Å². The van der Waals surface area contributed by atoms with Crippen molar-refractivity contribution in [2.24, 2.45) is 11.7 Å². The fourth-order valence-electron chi connectivity index (χ4n) is 3.57. The lowest BCUT2D eigenvalue weighted by atomic mass is 9.92. The number of amides is 2. The molecule has 7 heteroatoms. The van der Waals surface area contributed by atoms with Gasteiger partial charge in [0.25, 0.3) is 0 Å². The first-order valence-electron chi connectivity index (χ1n) is 8.68. The molecule has 3 atom stereocenters. The van der Waals surface area contributed by atoms with Gasteiger partial charge in [0, 0.05) is 5.69 Å². The van der Waals surface area contributed by atoms with E-state index in [-0.39, 0.29) is 18.9 Å². The van der Waals surface area contributed by atoms with Crippen molar-refractivity contribution in [3.05, 3.63) is 66.2 Å². The van der Waals surface area contributed by atoms with Crippen molar-refractivity contribution in [2.45, 2.75) is 18.5 Å². The Morgan fingerprint density at radius 2 is 1.63 bits per heavy atom. The number of nitrogens with one attached hydrogen (secondary N) is 1. The monoisotopic (exact) mass is 367 g/mol. The Hall–Kier alpha value is -3.19. The van der Waals surface area contributed by atoms with E-state index in [1.54, 1.807) is 48.5 Å².